The molecule has 4 nitrogen and oxygen atoms in total. The van der Waals surface area contributed by atoms with E-state index < -0.39 is 24.5 Å². The van der Waals surface area contributed by atoms with Gasteiger partial charge in [-0.3, -0.25) is 4.18 Å². The minimum atomic E-state index is -3.47. The van der Waals surface area contributed by atoms with Crippen molar-refractivity contribution >= 4 is 18.4 Å². The highest BCUT2D eigenvalue weighted by Crippen LogP contribution is 2.36. The SMILES string of the molecule is C#C[C@@H](CCCCCCCCO[Si](C)(C)C(C)(C)C)OS(C)(=O)=O. The third-order valence-electron chi connectivity index (χ3n) is 4.61. The second-order valence-corrected chi connectivity index (χ2v) is 14.4. The molecule has 0 saturated carbocycles. The molecule has 0 unspecified atom stereocenters. The first-order chi connectivity index (χ1) is 10.9. The summed E-state index contributed by atoms with van der Waals surface area (Å²) in [6.45, 7) is 12.2. The maximum atomic E-state index is 11.0. The van der Waals surface area contributed by atoms with Crippen LogP contribution in [0, 0.1) is 12.3 Å². The first-order valence-electron chi connectivity index (χ1n) is 8.87. The van der Waals surface area contributed by atoms with Crippen molar-refractivity contribution in [3.63, 3.8) is 0 Å². The fourth-order valence-electron chi connectivity index (χ4n) is 2.05. The molecule has 0 heterocycles. The van der Waals surface area contributed by atoms with Gasteiger partial charge in [0.1, 0.15) is 6.10 Å². The van der Waals surface area contributed by atoms with Crippen LogP contribution in [0.15, 0.2) is 0 Å². The fourth-order valence-corrected chi connectivity index (χ4v) is 3.71. The van der Waals surface area contributed by atoms with Gasteiger partial charge < -0.3 is 4.43 Å². The number of hydrogen-bond acceptors (Lipinski definition) is 4. The first kappa shape index (κ1) is 23.6. The predicted molar refractivity (Wildman–Crippen MR) is 104 cm³/mol. The van der Waals surface area contributed by atoms with E-state index in [4.69, 9.17) is 15.0 Å². The van der Waals surface area contributed by atoms with E-state index >= 15 is 0 Å². The van der Waals surface area contributed by atoms with Gasteiger partial charge in [-0.15, -0.1) is 6.42 Å². The van der Waals surface area contributed by atoms with E-state index in [2.05, 4.69) is 39.8 Å². The standard InChI is InChI=1S/C18H36O4SSi/c1-8-17(22-23(5,19)20)15-13-11-9-10-12-14-16-21-24(6,7)18(2,3)4/h1,17H,9-16H2,2-7H3/t17-/m0/s1. The van der Waals surface area contributed by atoms with Gasteiger partial charge in [-0.2, -0.15) is 8.42 Å². The minimum absolute atomic E-state index is 0.272. The quantitative estimate of drug-likeness (QED) is 0.214. The highest BCUT2D eigenvalue weighted by molar-refractivity contribution is 7.86. The van der Waals surface area contributed by atoms with Crippen molar-refractivity contribution in [1.29, 1.82) is 0 Å². The van der Waals surface area contributed by atoms with Crippen LogP contribution in [-0.2, 0) is 18.7 Å². The second kappa shape index (κ2) is 10.6. The number of hydrogen-bond donors (Lipinski definition) is 0. The summed E-state index contributed by atoms with van der Waals surface area (Å²) in [6, 6.07) is 0. The molecule has 0 spiro atoms. The molecule has 0 aliphatic rings. The molecule has 6 heteroatoms. The number of unbranched alkanes of at least 4 members (excludes halogenated alkanes) is 5. The van der Waals surface area contributed by atoms with Crippen molar-refractivity contribution < 1.29 is 17.0 Å². The van der Waals surface area contributed by atoms with Crippen molar-refractivity contribution in [3.8, 4) is 12.3 Å². The monoisotopic (exact) mass is 376 g/mol. The Morgan fingerprint density at radius 3 is 2.00 bits per heavy atom. The van der Waals surface area contributed by atoms with Crippen molar-refractivity contribution in [1.82, 2.24) is 0 Å². The number of terminal acetylenes is 1. The zero-order chi connectivity index (χ0) is 18.9. The van der Waals surface area contributed by atoms with Gasteiger partial charge in [-0.05, 0) is 37.4 Å². The number of rotatable bonds is 12. The molecule has 24 heavy (non-hydrogen) atoms. The summed E-state index contributed by atoms with van der Waals surface area (Å²) in [7, 11) is -5.07. The molecule has 0 aromatic rings. The van der Waals surface area contributed by atoms with Gasteiger partial charge in [0.25, 0.3) is 10.1 Å². The molecule has 0 aliphatic carbocycles. The van der Waals surface area contributed by atoms with Crippen LogP contribution in [0.2, 0.25) is 18.1 Å². The lowest BCUT2D eigenvalue weighted by molar-refractivity contribution is 0.250. The molecule has 0 amide bonds. The van der Waals surface area contributed by atoms with E-state index in [-0.39, 0.29) is 5.04 Å². The molecular weight excluding hydrogens is 340 g/mol. The normalized spacial score (nSPS) is 14.4. The predicted octanol–water partition coefficient (Wildman–Crippen LogP) is 4.72. The Labute approximate surface area is 151 Å². The van der Waals surface area contributed by atoms with Crippen molar-refractivity contribution in [2.45, 2.75) is 90.0 Å². The molecule has 0 rings (SSSR count). The third kappa shape index (κ3) is 11.2. The van der Waals surface area contributed by atoms with E-state index in [0.29, 0.717) is 6.42 Å². The average molecular weight is 377 g/mol. The smallest absolute Gasteiger partial charge is 0.265 e. The van der Waals surface area contributed by atoms with Gasteiger partial charge in [-0.1, -0.05) is 52.4 Å². The highest BCUT2D eigenvalue weighted by Gasteiger charge is 2.36. The molecular formula is C18H36O4SSi. The van der Waals surface area contributed by atoms with Gasteiger partial charge >= 0.3 is 0 Å². The van der Waals surface area contributed by atoms with E-state index in [0.717, 1.165) is 38.5 Å². The molecule has 142 valence electrons. The zero-order valence-electron chi connectivity index (χ0n) is 16.4. The van der Waals surface area contributed by atoms with E-state index in [1.807, 2.05) is 0 Å². The summed E-state index contributed by atoms with van der Waals surface area (Å²) in [5.74, 6) is 2.39. The average Bonchev–Trinajstić information content (AvgIpc) is 2.41. The van der Waals surface area contributed by atoms with E-state index in [1.165, 1.54) is 12.8 Å². The largest absolute Gasteiger partial charge is 0.417 e. The Balaban J connectivity index is 3.67. The van der Waals surface area contributed by atoms with Crippen molar-refractivity contribution in [3.05, 3.63) is 0 Å². The minimum Gasteiger partial charge on any atom is -0.417 e. The summed E-state index contributed by atoms with van der Waals surface area (Å²) in [6.07, 6.45) is 12.8. The van der Waals surface area contributed by atoms with Gasteiger partial charge in [-0.25, -0.2) is 0 Å². The van der Waals surface area contributed by atoms with Crippen LogP contribution in [0.25, 0.3) is 0 Å². The topological polar surface area (TPSA) is 52.6 Å². The maximum Gasteiger partial charge on any atom is 0.265 e. The lowest BCUT2D eigenvalue weighted by Crippen LogP contribution is -2.40. The molecule has 0 saturated heterocycles. The zero-order valence-corrected chi connectivity index (χ0v) is 18.2. The van der Waals surface area contributed by atoms with Crippen LogP contribution in [0.3, 0.4) is 0 Å². The fraction of sp³-hybridized carbons (Fsp3) is 0.889. The van der Waals surface area contributed by atoms with Crippen LogP contribution in [-0.4, -0.2) is 35.7 Å². The second-order valence-electron chi connectivity index (χ2n) is 7.97. The molecule has 0 radical (unpaired) electrons. The lowest BCUT2D eigenvalue weighted by Gasteiger charge is -2.36. The van der Waals surface area contributed by atoms with Gasteiger partial charge in [0, 0.05) is 6.61 Å². The molecule has 0 aromatic carbocycles. The maximum absolute atomic E-state index is 11.0. The Morgan fingerprint density at radius 2 is 1.54 bits per heavy atom. The summed E-state index contributed by atoms with van der Waals surface area (Å²) in [5, 5.41) is 0.272. The summed E-state index contributed by atoms with van der Waals surface area (Å²) in [4.78, 5) is 0. The third-order valence-corrected chi connectivity index (χ3v) is 9.73. The Bertz CT molecular complexity index is 486. The van der Waals surface area contributed by atoms with E-state index in [9.17, 15) is 8.42 Å². The molecule has 1 atom stereocenters. The highest BCUT2D eigenvalue weighted by atomic mass is 32.2. The summed E-state index contributed by atoms with van der Waals surface area (Å²) >= 11 is 0. The van der Waals surface area contributed by atoms with Gasteiger partial charge in [0.15, 0.2) is 8.32 Å². The molecule has 0 aromatic heterocycles. The van der Waals surface area contributed by atoms with Crippen LogP contribution in [0.4, 0.5) is 0 Å². The first-order valence-corrected chi connectivity index (χ1v) is 13.6. The van der Waals surface area contributed by atoms with Crippen LogP contribution in [0.5, 0.6) is 0 Å². The molecule has 0 aliphatic heterocycles. The Kier molecular flexibility index (Phi) is 10.4. The Morgan fingerprint density at radius 1 is 1.04 bits per heavy atom. The van der Waals surface area contributed by atoms with Crippen LogP contribution < -0.4 is 0 Å². The van der Waals surface area contributed by atoms with Crippen molar-refractivity contribution in [2.75, 3.05) is 12.9 Å². The molecule has 0 N–H and O–H groups in total. The van der Waals surface area contributed by atoms with Crippen LogP contribution in [0.1, 0.15) is 65.7 Å². The molecule has 0 fully saturated rings. The van der Waals surface area contributed by atoms with Gasteiger partial charge in [0.2, 0.25) is 0 Å². The van der Waals surface area contributed by atoms with Gasteiger partial charge in [0.05, 0.1) is 6.26 Å². The summed E-state index contributed by atoms with van der Waals surface area (Å²) < 4.78 is 33.1. The summed E-state index contributed by atoms with van der Waals surface area (Å²) in [5.41, 5.74) is 0. The molecule has 0 bridgehead atoms. The lowest BCUT2D eigenvalue weighted by atomic mass is 10.1. The van der Waals surface area contributed by atoms with E-state index in [1.54, 1.807) is 0 Å². The Hall–Kier alpha value is -0.353. The van der Waals surface area contributed by atoms with Crippen LogP contribution >= 0.6 is 0 Å². The van der Waals surface area contributed by atoms with Crippen molar-refractivity contribution in [2.24, 2.45) is 0 Å².